The van der Waals surface area contributed by atoms with Gasteiger partial charge in [0.25, 0.3) is 0 Å². The zero-order valence-electron chi connectivity index (χ0n) is 21.9. The van der Waals surface area contributed by atoms with E-state index in [1.807, 2.05) is 18.2 Å². The minimum absolute atomic E-state index is 0.516. The number of rotatable bonds is 2. The third-order valence-corrected chi connectivity index (χ3v) is 8.36. The number of fused-ring (bicyclic) bond motifs is 9. The first-order chi connectivity index (χ1) is 20.3. The summed E-state index contributed by atoms with van der Waals surface area (Å²) < 4.78 is 11.0. The maximum Gasteiger partial charge on any atom is 0.155 e. The molecule has 0 saturated heterocycles. The molecule has 41 heavy (non-hydrogen) atoms. The van der Waals surface area contributed by atoms with E-state index in [1.165, 1.54) is 10.8 Å². The summed E-state index contributed by atoms with van der Waals surface area (Å²) in [5.41, 5.74) is 7.90. The van der Waals surface area contributed by atoms with E-state index in [4.69, 9.17) is 4.42 Å². The van der Waals surface area contributed by atoms with Crippen LogP contribution >= 0.6 is 0 Å². The molecule has 3 heterocycles. The Hall–Kier alpha value is -5.79. The topological polar surface area (TPSA) is 46.8 Å². The lowest BCUT2D eigenvalue weighted by Gasteiger charge is -2.18. The third kappa shape index (κ3) is 2.87. The summed E-state index contributed by atoms with van der Waals surface area (Å²) in [6, 6.07) is 46.6. The highest BCUT2D eigenvalue weighted by Crippen LogP contribution is 2.43. The molecule has 190 valence electrons. The summed E-state index contributed by atoms with van der Waals surface area (Å²) in [5.74, 6) is 0. The predicted octanol–water partition coefficient (Wildman–Crippen LogP) is 9.65. The highest BCUT2D eigenvalue weighted by Gasteiger charge is 2.26. The quantitative estimate of drug-likeness (QED) is 0.226. The molecule has 3 aromatic heterocycles. The van der Waals surface area contributed by atoms with Gasteiger partial charge in [0.1, 0.15) is 17.2 Å². The molecule has 0 N–H and O–H groups in total. The Morgan fingerprint density at radius 3 is 1.44 bits per heavy atom. The van der Waals surface area contributed by atoms with Gasteiger partial charge in [-0.2, -0.15) is 5.26 Å². The molecule has 9 aromatic rings. The van der Waals surface area contributed by atoms with Crippen LogP contribution in [0.25, 0.3) is 76.9 Å². The second-order valence-corrected chi connectivity index (χ2v) is 10.4. The molecule has 4 heteroatoms. The van der Waals surface area contributed by atoms with Gasteiger partial charge in [0.05, 0.1) is 33.4 Å². The van der Waals surface area contributed by atoms with Crippen LogP contribution in [-0.2, 0) is 0 Å². The van der Waals surface area contributed by atoms with Gasteiger partial charge in [0, 0.05) is 32.3 Å². The van der Waals surface area contributed by atoms with Gasteiger partial charge < -0.3 is 13.6 Å². The number of aromatic nitrogens is 2. The fourth-order valence-electron chi connectivity index (χ4n) is 6.68. The second kappa shape index (κ2) is 8.11. The lowest BCUT2D eigenvalue weighted by Crippen LogP contribution is -2.06. The summed E-state index contributed by atoms with van der Waals surface area (Å²) in [7, 11) is 0. The first-order valence-electron chi connectivity index (χ1n) is 13.7. The van der Waals surface area contributed by atoms with E-state index in [0.29, 0.717) is 11.1 Å². The Balaban J connectivity index is 1.58. The van der Waals surface area contributed by atoms with Crippen LogP contribution in [0.3, 0.4) is 0 Å². The molecular formula is C37H21N3O. The van der Waals surface area contributed by atoms with Crippen LogP contribution in [0.4, 0.5) is 0 Å². The van der Waals surface area contributed by atoms with Crippen LogP contribution in [0.15, 0.2) is 132 Å². The fourth-order valence-corrected chi connectivity index (χ4v) is 6.68. The maximum atomic E-state index is 10.9. The highest BCUT2D eigenvalue weighted by molar-refractivity contribution is 6.14. The third-order valence-electron chi connectivity index (χ3n) is 8.36. The van der Waals surface area contributed by atoms with Gasteiger partial charge in [-0.1, -0.05) is 91.0 Å². The second-order valence-electron chi connectivity index (χ2n) is 10.4. The van der Waals surface area contributed by atoms with Crippen molar-refractivity contribution in [2.45, 2.75) is 0 Å². The predicted molar refractivity (Wildman–Crippen MR) is 167 cm³/mol. The normalized spacial score (nSPS) is 11.9. The molecule has 0 saturated carbocycles. The van der Waals surface area contributed by atoms with Crippen LogP contribution in [0.5, 0.6) is 0 Å². The van der Waals surface area contributed by atoms with E-state index in [-0.39, 0.29) is 0 Å². The number of para-hydroxylation sites is 5. The molecule has 0 amide bonds. The minimum Gasteiger partial charge on any atom is -0.455 e. The summed E-state index contributed by atoms with van der Waals surface area (Å²) in [4.78, 5) is 0. The van der Waals surface area contributed by atoms with Gasteiger partial charge in [-0.05, 0) is 36.4 Å². The van der Waals surface area contributed by atoms with E-state index in [1.54, 1.807) is 0 Å². The molecule has 0 aliphatic carbocycles. The Bertz CT molecular complexity index is 2450. The summed E-state index contributed by atoms with van der Waals surface area (Å²) >= 11 is 0. The molecule has 0 unspecified atom stereocenters. The number of benzene rings is 6. The molecule has 0 fully saturated rings. The van der Waals surface area contributed by atoms with Gasteiger partial charge in [0.15, 0.2) is 5.58 Å². The number of nitrogens with zero attached hydrogens (tertiary/aromatic N) is 3. The molecule has 0 spiro atoms. The number of hydrogen-bond donors (Lipinski definition) is 0. The van der Waals surface area contributed by atoms with Crippen molar-refractivity contribution in [3.63, 3.8) is 0 Å². The zero-order valence-corrected chi connectivity index (χ0v) is 21.9. The zero-order chi connectivity index (χ0) is 27.1. The molecule has 0 radical (unpaired) electrons. The van der Waals surface area contributed by atoms with Crippen molar-refractivity contribution in [3.8, 4) is 17.4 Å². The van der Waals surface area contributed by atoms with Crippen molar-refractivity contribution >= 4 is 65.6 Å². The Morgan fingerprint density at radius 2 is 0.927 bits per heavy atom. The summed E-state index contributed by atoms with van der Waals surface area (Å²) in [6.45, 7) is 0. The van der Waals surface area contributed by atoms with Crippen LogP contribution in [0.2, 0.25) is 0 Å². The van der Waals surface area contributed by atoms with Gasteiger partial charge in [-0.25, -0.2) is 0 Å². The lowest BCUT2D eigenvalue weighted by atomic mass is 10.0. The Kier molecular flexibility index (Phi) is 4.37. The fraction of sp³-hybridized carbons (Fsp3) is 0. The van der Waals surface area contributed by atoms with Gasteiger partial charge in [-0.3, -0.25) is 0 Å². The minimum atomic E-state index is 0.516. The van der Waals surface area contributed by atoms with Crippen molar-refractivity contribution < 1.29 is 4.42 Å². The molecule has 6 aromatic carbocycles. The lowest BCUT2D eigenvalue weighted by molar-refractivity contribution is 0.667. The highest BCUT2D eigenvalue weighted by atomic mass is 16.3. The average molecular weight is 524 g/mol. The van der Waals surface area contributed by atoms with E-state index in [0.717, 1.165) is 60.6 Å². The van der Waals surface area contributed by atoms with Gasteiger partial charge in [0.2, 0.25) is 0 Å². The van der Waals surface area contributed by atoms with Crippen LogP contribution < -0.4 is 0 Å². The van der Waals surface area contributed by atoms with Crippen molar-refractivity contribution in [3.05, 3.63) is 133 Å². The largest absolute Gasteiger partial charge is 0.455 e. The molecule has 0 aliphatic heterocycles. The number of nitriles is 1. The average Bonchev–Trinajstić information content (AvgIpc) is 3.68. The summed E-state index contributed by atoms with van der Waals surface area (Å²) in [5, 5.41) is 17.5. The van der Waals surface area contributed by atoms with Gasteiger partial charge >= 0.3 is 0 Å². The van der Waals surface area contributed by atoms with E-state index in [2.05, 4.69) is 124 Å². The van der Waals surface area contributed by atoms with E-state index < -0.39 is 0 Å². The number of hydrogen-bond acceptors (Lipinski definition) is 2. The molecule has 0 aliphatic rings. The molecule has 0 atom stereocenters. The van der Waals surface area contributed by atoms with Gasteiger partial charge in [-0.15, -0.1) is 0 Å². The number of furan rings is 1. The molecule has 0 bridgehead atoms. The molecule has 9 rings (SSSR count). The first-order valence-corrected chi connectivity index (χ1v) is 13.7. The van der Waals surface area contributed by atoms with Crippen molar-refractivity contribution in [2.75, 3.05) is 0 Å². The van der Waals surface area contributed by atoms with Crippen molar-refractivity contribution in [1.82, 2.24) is 9.13 Å². The van der Waals surface area contributed by atoms with E-state index in [9.17, 15) is 5.26 Å². The van der Waals surface area contributed by atoms with E-state index >= 15 is 0 Å². The smallest absolute Gasteiger partial charge is 0.155 e. The first kappa shape index (κ1) is 22.1. The molecular weight excluding hydrogens is 502 g/mol. The standard InChI is InChI=1S/C37H21N3O/c38-22-29-36(40-32-18-8-3-13-25(32)26-14-4-9-19-33(26)40)34(21-28-27-15-5-10-20-35(27)41-37(28)29)39-30-16-6-1-11-23(30)24-12-2-7-17-31(24)39/h1-21H. The van der Waals surface area contributed by atoms with Crippen LogP contribution in [0, 0.1) is 11.3 Å². The SMILES string of the molecule is N#Cc1c(-n2c3ccccc3c3ccccc32)c(-n2c3ccccc3c3ccccc32)cc2c1oc1ccccc12. The Labute approximate surface area is 234 Å². The monoisotopic (exact) mass is 523 g/mol. The summed E-state index contributed by atoms with van der Waals surface area (Å²) in [6.07, 6.45) is 0. The van der Waals surface area contributed by atoms with Crippen LogP contribution in [-0.4, -0.2) is 9.13 Å². The van der Waals surface area contributed by atoms with Crippen LogP contribution in [0.1, 0.15) is 5.56 Å². The maximum absolute atomic E-state index is 10.9. The van der Waals surface area contributed by atoms with Crippen molar-refractivity contribution in [2.24, 2.45) is 0 Å². The Morgan fingerprint density at radius 1 is 0.488 bits per heavy atom. The molecule has 4 nitrogen and oxygen atoms in total. The van der Waals surface area contributed by atoms with Crippen molar-refractivity contribution in [1.29, 1.82) is 5.26 Å².